The third-order valence-electron chi connectivity index (χ3n) is 5.57. The van der Waals surface area contributed by atoms with Gasteiger partial charge < -0.3 is 9.47 Å². The lowest BCUT2D eigenvalue weighted by molar-refractivity contribution is 0.104. The van der Waals surface area contributed by atoms with E-state index in [9.17, 15) is 4.79 Å². The molecule has 0 bridgehead atoms. The van der Waals surface area contributed by atoms with Crippen molar-refractivity contribution in [3.8, 4) is 11.5 Å². The molecule has 3 aromatic carbocycles. The first-order valence-corrected chi connectivity index (χ1v) is 11.3. The molecule has 0 saturated carbocycles. The maximum atomic E-state index is 12.5. The largest absolute Gasteiger partial charge is 0.496 e. The van der Waals surface area contributed by atoms with E-state index in [0.29, 0.717) is 12.2 Å². The van der Waals surface area contributed by atoms with Crippen molar-refractivity contribution in [2.45, 2.75) is 26.5 Å². The summed E-state index contributed by atoms with van der Waals surface area (Å²) in [6, 6.07) is 24.2. The van der Waals surface area contributed by atoms with E-state index in [1.165, 1.54) is 5.56 Å². The number of rotatable bonds is 10. The Morgan fingerprint density at radius 1 is 0.971 bits per heavy atom. The van der Waals surface area contributed by atoms with E-state index in [2.05, 4.69) is 23.3 Å². The fourth-order valence-electron chi connectivity index (χ4n) is 3.71. The average Bonchev–Trinajstić information content (AvgIpc) is 3.37. The van der Waals surface area contributed by atoms with Crippen LogP contribution in [0, 0.1) is 0 Å². The molecule has 4 rings (SSSR count). The van der Waals surface area contributed by atoms with E-state index in [1.807, 2.05) is 61.5 Å². The van der Waals surface area contributed by atoms with Crippen LogP contribution >= 0.6 is 0 Å². The van der Waals surface area contributed by atoms with Crippen molar-refractivity contribution in [2.75, 3.05) is 7.11 Å². The van der Waals surface area contributed by atoms with Crippen LogP contribution in [0.25, 0.3) is 6.08 Å². The van der Waals surface area contributed by atoms with Crippen LogP contribution in [0.3, 0.4) is 0 Å². The second kappa shape index (κ2) is 11.1. The highest BCUT2D eigenvalue weighted by atomic mass is 16.5. The van der Waals surface area contributed by atoms with Gasteiger partial charge in [0.15, 0.2) is 5.78 Å². The Labute approximate surface area is 200 Å². The highest BCUT2D eigenvalue weighted by Crippen LogP contribution is 2.26. The van der Waals surface area contributed by atoms with E-state index in [4.69, 9.17) is 9.47 Å². The fourth-order valence-corrected chi connectivity index (χ4v) is 3.71. The van der Waals surface area contributed by atoms with Crippen molar-refractivity contribution in [3.63, 3.8) is 0 Å². The summed E-state index contributed by atoms with van der Waals surface area (Å²) >= 11 is 0. The van der Waals surface area contributed by atoms with Gasteiger partial charge in [-0.05, 0) is 47.9 Å². The maximum Gasteiger partial charge on any atom is 0.189 e. The molecule has 0 unspecified atom stereocenters. The smallest absolute Gasteiger partial charge is 0.189 e. The van der Waals surface area contributed by atoms with Gasteiger partial charge in [0.2, 0.25) is 0 Å². The highest BCUT2D eigenvalue weighted by molar-refractivity contribution is 6.06. The van der Waals surface area contributed by atoms with E-state index in [-0.39, 0.29) is 5.78 Å². The fraction of sp³-hybridized carbons (Fsp3) is 0.172. The standard InChI is InChI=1S/C29H28N2O3/c1-3-31-20-26(19-30-31)27(32)15-13-23-14-16-28(33-2)25(18-23)21-34-29-12-8-7-11-24(29)17-22-9-5-4-6-10-22/h4-16,18-20H,3,17,21H2,1-2H3/b15-13+. The zero-order valence-corrected chi connectivity index (χ0v) is 19.5. The van der Waals surface area contributed by atoms with Gasteiger partial charge in [0.1, 0.15) is 18.1 Å². The predicted molar refractivity (Wildman–Crippen MR) is 134 cm³/mol. The van der Waals surface area contributed by atoms with Gasteiger partial charge >= 0.3 is 0 Å². The topological polar surface area (TPSA) is 53.4 Å². The molecule has 1 aromatic heterocycles. The normalized spacial score (nSPS) is 11.0. The van der Waals surface area contributed by atoms with Crippen LogP contribution < -0.4 is 9.47 Å². The zero-order chi connectivity index (χ0) is 23.8. The first-order chi connectivity index (χ1) is 16.7. The molecule has 0 aliphatic rings. The van der Waals surface area contributed by atoms with Gasteiger partial charge in [0.25, 0.3) is 0 Å². The summed E-state index contributed by atoms with van der Waals surface area (Å²) in [4.78, 5) is 12.5. The van der Waals surface area contributed by atoms with Gasteiger partial charge in [0, 0.05) is 24.7 Å². The lowest BCUT2D eigenvalue weighted by Crippen LogP contribution is -2.02. The molecule has 34 heavy (non-hydrogen) atoms. The Morgan fingerprint density at radius 3 is 2.53 bits per heavy atom. The third-order valence-corrected chi connectivity index (χ3v) is 5.57. The average molecular weight is 453 g/mol. The number of benzene rings is 3. The van der Waals surface area contributed by atoms with Crippen molar-refractivity contribution in [1.29, 1.82) is 0 Å². The van der Waals surface area contributed by atoms with E-state index in [0.717, 1.165) is 41.2 Å². The van der Waals surface area contributed by atoms with Gasteiger partial charge in [-0.2, -0.15) is 5.10 Å². The Bertz CT molecular complexity index is 1280. The lowest BCUT2D eigenvalue weighted by atomic mass is 10.0. The van der Waals surface area contributed by atoms with Gasteiger partial charge in [-0.15, -0.1) is 0 Å². The molecule has 0 radical (unpaired) electrons. The quantitative estimate of drug-likeness (QED) is 0.219. The minimum absolute atomic E-state index is 0.0804. The third kappa shape index (κ3) is 5.81. The predicted octanol–water partition coefficient (Wildman–Crippen LogP) is 5.98. The number of hydrogen-bond donors (Lipinski definition) is 0. The van der Waals surface area contributed by atoms with E-state index >= 15 is 0 Å². The van der Waals surface area contributed by atoms with Crippen LogP contribution in [0.15, 0.2) is 91.3 Å². The number of hydrogen-bond acceptors (Lipinski definition) is 4. The number of aromatic nitrogens is 2. The van der Waals surface area contributed by atoms with Crippen LogP contribution in [0.1, 0.15) is 39.5 Å². The number of carbonyl (C=O) groups is 1. The minimum Gasteiger partial charge on any atom is -0.496 e. The van der Waals surface area contributed by atoms with Crippen molar-refractivity contribution in [2.24, 2.45) is 0 Å². The SMILES string of the molecule is CCn1cc(C(=O)/C=C/c2ccc(OC)c(COc3ccccc3Cc3ccccc3)c2)cn1. The highest BCUT2D eigenvalue weighted by Gasteiger charge is 2.09. The molecule has 0 aliphatic carbocycles. The van der Waals surface area contributed by atoms with Crippen molar-refractivity contribution >= 4 is 11.9 Å². The maximum absolute atomic E-state index is 12.5. The summed E-state index contributed by atoms with van der Waals surface area (Å²) in [6.07, 6.45) is 7.52. The molecule has 0 spiro atoms. The Morgan fingerprint density at radius 2 is 1.76 bits per heavy atom. The van der Waals surface area contributed by atoms with Crippen LogP contribution in [0.5, 0.6) is 11.5 Å². The molecule has 4 aromatic rings. The lowest BCUT2D eigenvalue weighted by Gasteiger charge is -2.14. The number of methoxy groups -OCH3 is 1. The molecule has 0 N–H and O–H groups in total. The summed E-state index contributed by atoms with van der Waals surface area (Å²) in [5.74, 6) is 1.51. The molecule has 0 fully saturated rings. The van der Waals surface area contributed by atoms with Crippen LogP contribution in [-0.4, -0.2) is 22.7 Å². The summed E-state index contributed by atoms with van der Waals surface area (Å²) in [5.41, 5.74) is 4.74. The number of carbonyl (C=O) groups excluding carboxylic acids is 1. The molecule has 5 nitrogen and oxygen atoms in total. The molecule has 5 heteroatoms. The summed E-state index contributed by atoms with van der Waals surface area (Å²) in [6.45, 7) is 3.07. The first kappa shape index (κ1) is 23.1. The first-order valence-electron chi connectivity index (χ1n) is 11.3. The molecule has 1 heterocycles. The zero-order valence-electron chi connectivity index (χ0n) is 19.5. The Kier molecular flexibility index (Phi) is 7.56. The second-order valence-corrected chi connectivity index (χ2v) is 7.91. The van der Waals surface area contributed by atoms with E-state index < -0.39 is 0 Å². The van der Waals surface area contributed by atoms with Gasteiger partial charge in [-0.1, -0.05) is 60.7 Å². The van der Waals surface area contributed by atoms with Crippen molar-refractivity contribution in [3.05, 3.63) is 119 Å². The van der Waals surface area contributed by atoms with Crippen molar-refractivity contribution < 1.29 is 14.3 Å². The molecule has 0 amide bonds. The van der Waals surface area contributed by atoms with Gasteiger partial charge in [-0.25, -0.2) is 0 Å². The van der Waals surface area contributed by atoms with Gasteiger partial charge in [0.05, 0.1) is 18.9 Å². The number of ketones is 1. The van der Waals surface area contributed by atoms with Crippen LogP contribution in [0.4, 0.5) is 0 Å². The van der Waals surface area contributed by atoms with E-state index in [1.54, 1.807) is 36.3 Å². The second-order valence-electron chi connectivity index (χ2n) is 7.91. The van der Waals surface area contributed by atoms with Crippen molar-refractivity contribution in [1.82, 2.24) is 9.78 Å². The molecule has 0 aliphatic heterocycles. The minimum atomic E-state index is -0.0804. The number of allylic oxidation sites excluding steroid dienone is 1. The molecular weight excluding hydrogens is 424 g/mol. The van der Waals surface area contributed by atoms with Crippen LogP contribution in [-0.2, 0) is 19.6 Å². The molecule has 0 atom stereocenters. The van der Waals surface area contributed by atoms with Crippen LogP contribution in [0.2, 0.25) is 0 Å². The van der Waals surface area contributed by atoms with Gasteiger partial charge in [-0.3, -0.25) is 9.48 Å². The summed E-state index contributed by atoms with van der Waals surface area (Å²) in [7, 11) is 1.65. The summed E-state index contributed by atoms with van der Waals surface area (Å²) < 4.78 is 13.5. The number of ether oxygens (including phenoxy) is 2. The number of nitrogens with zero attached hydrogens (tertiary/aromatic N) is 2. The molecule has 172 valence electrons. The molecular formula is C29H28N2O3. The summed E-state index contributed by atoms with van der Waals surface area (Å²) in [5, 5.41) is 4.16. The number of para-hydroxylation sites is 1. The number of aryl methyl sites for hydroxylation is 1. The monoisotopic (exact) mass is 452 g/mol. The Hall–Kier alpha value is -4.12. The Balaban J connectivity index is 1.48. The molecule has 0 saturated heterocycles.